The summed E-state index contributed by atoms with van der Waals surface area (Å²) in [7, 11) is -0.824. The van der Waals surface area contributed by atoms with Crippen LogP contribution in [0.2, 0.25) is 5.28 Å². The molecule has 4 rings (SSSR count). The molecular formula is C14H18ClN3O2S. The SMILES string of the molecule is O=S(C1CC1)C1(c2cc(N3CCOCC3)nc(Cl)n2)CC1. The van der Waals surface area contributed by atoms with Gasteiger partial charge in [-0.25, -0.2) is 9.97 Å². The first-order valence-electron chi connectivity index (χ1n) is 7.47. The minimum Gasteiger partial charge on any atom is -0.378 e. The van der Waals surface area contributed by atoms with E-state index in [2.05, 4.69) is 14.9 Å². The van der Waals surface area contributed by atoms with Crippen LogP contribution >= 0.6 is 11.6 Å². The molecule has 3 aliphatic rings. The smallest absolute Gasteiger partial charge is 0.224 e. The van der Waals surface area contributed by atoms with Crippen LogP contribution in [0, 0.1) is 0 Å². The molecule has 0 N–H and O–H groups in total. The van der Waals surface area contributed by atoms with Gasteiger partial charge < -0.3 is 9.64 Å². The molecule has 1 saturated heterocycles. The maximum Gasteiger partial charge on any atom is 0.224 e. The topological polar surface area (TPSA) is 55.3 Å². The van der Waals surface area contributed by atoms with Crippen molar-refractivity contribution in [2.45, 2.75) is 35.7 Å². The molecule has 1 unspecified atom stereocenters. The average molecular weight is 328 g/mol. The molecule has 1 aliphatic heterocycles. The summed E-state index contributed by atoms with van der Waals surface area (Å²) in [6.07, 6.45) is 4.07. The van der Waals surface area contributed by atoms with Gasteiger partial charge in [0.1, 0.15) is 5.82 Å². The van der Waals surface area contributed by atoms with Gasteiger partial charge in [-0.2, -0.15) is 0 Å². The number of ether oxygens (including phenoxy) is 1. The highest BCUT2D eigenvalue weighted by Gasteiger charge is 2.55. The van der Waals surface area contributed by atoms with E-state index in [1.54, 1.807) is 0 Å². The first-order chi connectivity index (χ1) is 10.2. The molecule has 1 aromatic heterocycles. The van der Waals surface area contributed by atoms with Crippen molar-refractivity contribution < 1.29 is 8.95 Å². The summed E-state index contributed by atoms with van der Waals surface area (Å²) in [5, 5.41) is 0.626. The average Bonchev–Trinajstić information content (AvgIpc) is 3.40. The summed E-state index contributed by atoms with van der Waals surface area (Å²) in [5.74, 6) is 0.840. The second kappa shape index (κ2) is 5.18. The summed E-state index contributed by atoms with van der Waals surface area (Å²) in [4.78, 5) is 10.9. The van der Waals surface area contributed by atoms with Gasteiger partial charge in [-0.05, 0) is 37.3 Å². The van der Waals surface area contributed by atoms with Crippen LogP contribution in [0.5, 0.6) is 0 Å². The zero-order valence-corrected chi connectivity index (χ0v) is 13.3. The zero-order chi connectivity index (χ0) is 14.4. The Balaban J connectivity index is 1.66. The molecule has 1 aromatic rings. The van der Waals surface area contributed by atoms with Crippen molar-refractivity contribution >= 4 is 28.2 Å². The van der Waals surface area contributed by atoms with Crippen LogP contribution in [0.1, 0.15) is 31.4 Å². The van der Waals surface area contributed by atoms with E-state index in [9.17, 15) is 4.21 Å². The molecule has 2 saturated carbocycles. The molecule has 0 bridgehead atoms. The van der Waals surface area contributed by atoms with Gasteiger partial charge in [0.2, 0.25) is 5.28 Å². The molecule has 3 fully saturated rings. The fourth-order valence-corrected chi connectivity index (χ4v) is 5.06. The van der Waals surface area contributed by atoms with Crippen molar-refractivity contribution in [1.29, 1.82) is 0 Å². The number of nitrogens with zero attached hydrogens (tertiary/aromatic N) is 3. The normalized spacial score (nSPS) is 25.7. The molecule has 5 nitrogen and oxygen atoms in total. The highest BCUT2D eigenvalue weighted by Crippen LogP contribution is 2.54. The largest absolute Gasteiger partial charge is 0.378 e. The van der Waals surface area contributed by atoms with Crippen LogP contribution in [0.4, 0.5) is 5.82 Å². The number of halogens is 1. The molecule has 21 heavy (non-hydrogen) atoms. The van der Waals surface area contributed by atoms with E-state index in [-0.39, 0.29) is 10.0 Å². The summed E-state index contributed by atoms with van der Waals surface area (Å²) < 4.78 is 17.8. The Morgan fingerprint density at radius 2 is 2.00 bits per heavy atom. The van der Waals surface area contributed by atoms with Gasteiger partial charge in [-0.15, -0.1) is 0 Å². The Morgan fingerprint density at radius 3 is 2.62 bits per heavy atom. The van der Waals surface area contributed by atoms with E-state index in [1.807, 2.05) is 6.07 Å². The standard InChI is InChI=1S/C14H18ClN3O2S/c15-13-16-11(14(3-4-14)21(19)10-1-2-10)9-12(17-13)18-5-7-20-8-6-18/h9-10H,1-8H2. The predicted molar refractivity (Wildman–Crippen MR) is 82.2 cm³/mol. The van der Waals surface area contributed by atoms with Gasteiger partial charge in [-0.1, -0.05) is 0 Å². The van der Waals surface area contributed by atoms with Crippen molar-refractivity contribution in [3.63, 3.8) is 0 Å². The monoisotopic (exact) mass is 327 g/mol. The van der Waals surface area contributed by atoms with Crippen molar-refractivity contribution in [2.24, 2.45) is 0 Å². The van der Waals surface area contributed by atoms with E-state index in [0.29, 0.717) is 18.5 Å². The quantitative estimate of drug-likeness (QED) is 0.790. The van der Waals surface area contributed by atoms with Crippen molar-refractivity contribution in [3.8, 4) is 0 Å². The van der Waals surface area contributed by atoms with Gasteiger partial charge in [0.15, 0.2) is 0 Å². The Hall–Kier alpha value is -0.720. The summed E-state index contributed by atoms with van der Waals surface area (Å²) in [6, 6.07) is 1.99. The molecule has 0 amide bonds. The van der Waals surface area contributed by atoms with Crippen LogP contribution in [0.3, 0.4) is 0 Å². The van der Waals surface area contributed by atoms with E-state index in [1.165, 1.54) is 0 Å². The zero-order valence-electron chi connectivity index (χ0n) is 11.8. The first kappa shape index (κ1) is 13.9. The lowest BCUT2D eigenvalue weighted by molar-refractivity contribution is 0.122. The van der Waals surface area contributed by atoms with Gasteiger partial charge in [0, 0.05) is 35.2 Å². The predicted octanol–water partition coefficient (Wildman–Crippen LogP) is 1.87. The fraction of sp³-hybridized carbons (Fsp3) is 0.714. The third-order valence-corrected chi connectivity index (χ3v) is 7.04. The van der Waals surface area contributed by atoms with Crippen LogP contribution < -0.4 is 4.90 Å². The highest BCUT2D eigenvalue weighted by molar-refractivity contribution is 7.87. The number of rotatable bonds is 4. The summed E-state index contributed by atoms with van der Waals surface area (Å²) >= 11 is 6.12. The summed E-state index contributed by atoms with van der Waals surface area (Å²) in [6.45, 7) is 3.03. The summed E-state index contributed by atoms with van der Waals surface area (Å²) in [5.41, 5.74) is 0.870. The Labute approximate surface area is 131 Å². The lowest BCUT2D eigenvalue weighted by Gasteiger charge is -2.28. The Kier molecular flexibility index (Phi) is 3.43. The number of hydrogen-bond acceptors (Lipinski definition) is 5. The lowest BCUT2D eigenvalue weighted by atomic mass is 10.2. The van der Waals surface area contributed by atoms with Gasteiger partial charge in [0.05, 0.1) is 23.7 Å². The third-order valence-electron chi connectivity index (χ3n) is 4.40. The third kappa shape index (κ3) is 2.58. The van der Waals surface area contributed by atoms with E-state index in [4.69, 9.17) is 16.3 Å². The molecule has 2 aliphatic carbocycles. The van der Waals surface area contributed by atoms with Gasteiger partial charge >= 0.3 is 0 Å². The van der Waals surface area contributed by atoms with Crippen LogP contribution in [-0.2, 0) is 20.3 Å². The number of hydrogen-bond donors (Lipinski definition) is 0. The highest BCUT2D eigenvalue weighted by atomic mass is 35.5. The molecule has 0 radical (unpaired) electrons. The van der Waals surface area contributed by atoms with Gasteiger partial charge in [0.25, 0.3) is 0 Å². The number of anilines is 1. The second-order valence-corrected chi connectivity index (χ2v) is 8.35. The number of aromatic nitrogens is 2. The van der Waals surface area contributed by atoms with Crippen LogP contribution in [0.15, 0.2) is 6.07 Å². The van der Waals surface area contributed by atoms with Gasteiger partial charge in [-0.3, -0.25) is 4.21 Å². The fourth-order valence-electron chi connectivity index (χ4n) is 2.87. The van der Waals surface area contributed by atoms with Crippen molar-refractivity contribution in [1.82, 2.24) is 9.97 Å². The maximum atomic E-state index is 12.7. The number of morpholine rings is 1. The molecule has 0 aromatic carbocycles. The molecule has 0 spiro atoms. The van der Waals surface area contributed by atoms with Crippen LogP contribution in [-0.4, -0.2) is 45.7 Å². The van der Waals surface area contributed by atoms with E-state index < -0.39 is 10.8 Å². The van der Waals surface area contributed by atoms with Crippen LogP contribution in [0.25, 0.3) is 0 Å². The molecule has 114 valence electrons. The van der Waals surface area contributed by atoms with Crippen molar-refractivity contribution in [3.05, 3.63) is 17.0 Å². The molecule has 1 atom stereocenters. The maximum absolute atomic E-state index is 12.7. The molecule has 2 heterocycles. The van der Waals surface area contributed by atoms with E-state index >= 15 is 0 Å². The second-order valence-electron chi connectivity index (χ2n) is 5.97. The van der Waals surface area contributed by atoms with Crippen molar-refractivity contribution in [2.75, 3.05) is 31.2 Å². The minimum absolute atomic E-state index is 0.255. The molecular weight excluding hydrogens is 310 g/mol. The lowest BCUT2D eigenvalue weighted by Crippen LogP contribution is -2.37. The minimum atomic E-state index is -0.824. The van der Waals surface area contributed by atoms with E-state index in [0.717, 1.165) is 50.3 Å². The Morgan fingerprint density at radius 1 is 1.29 bits per heavy atom. The Bertz CT molecular complexity index is 584. The first-order valence-corrected chi connectivity index (χ1v) is 9.07. The molecule has 7 heteroatoms.